The van der Waals surface area contributed by atoms with Gasteiger partial charge in [0.25, 0.3) is 0 Å². The van der Waals surface area contributed by atoms with Crippen LogP contribution in [0.1, 0.15) is 35.9 Å². The summed E-state index contributed by atoms with van der Waals surface area (Å²) in [6.07, 6.45) is 1.92. The second-order valence-corrected chi connectivity index (χ2v) is 9.82. The van der Waals surface area contributed by atoms with E-state index < -0.39 is 5.97 Å². The summed E-state index contributed by atoms with van der Waals surface area (Å²) in [5.74, 6) is -0.179. The second kappa shape index (κ2) is 10.4. The van der Waals surface area contributed by atoms with E-state index in [2.05, 4.69) is 5.16 Å². The molecule has 1 aromatic carbocycles. The van der Waals surface area contributed by atoms with Gasteiger partial charge in [-0.25, -0.2) is 4.79 Å². The average Bonchev–Trinajstić information content (AvgIpc) is 3.54. The van der Waals surface area contributed by atoms with Crippen LogP contribution >= 0.6 is 22.9 Å². The number of hydrogen-bond acceptors (Lipinski definition) is 6. The molecule has 0 aliphatic carbocycles. The van der Waals surface area contributed by atoms with Gasteiger partial charge in [-0.1, -0.05) is 35.0 Å². The molecule has 3 N–H and O–H groups in total. The Bertz CT molecular complexity index is 1300. The van der Waals surface area contributed by atoms with E-state index in [1.54, 1.807) is 23.6 Å². The van der Waals surface area contributed by atoms with Crippen molar-refractivity contribution < 1.29 is 19.2 Å². The predicted octanol–water partition coefficient (Wildman–Crippen LogP) is 4.71. The molecular weight excluding hydrogens is 476 g/mol. The number of carbonyl (C=O) groups is 2. The predicted molar refractivity (Wildman–Crippen MR) is 132 cm³/mol. The van der Waals surface area contributed by atoms with Crippen molar-refractivity contribution in [2.24, 2.45) is 5.73 Å². The Morgan fingerprint density at radius 1 is 1.21 bits per heavy atom. The number of aromatic carboxylic acids is 1. The molecule has 4 aromatic rings. The largest absolute Gasteiger partial charge is 0.477 e. The highest BCUT2D eigenvalue weighted by Crippen LogP contribution is 2.31. The minimum atomic E-state index is -0.972. The third-order valence-corrected chi connectivity index (χ3v) is 6.96. The number of likely N-dealkylation sites (tertiary alicyclic amines) is 1. The van der Waals surface area contributed by atoms with Crippen LogP contribution in [-0.4, -0.2) is 50.7 Å². The number of nitrogens with zero attached hydrogens (tertiary/aromatic N) is 3. The minimum absolute atomic E-state index is 0.173. The van der Waals surface area contributed by atoms with E-state index in [4.69, 9.17) is 21.9 Å². The average molecular weight is 501 g/mol. The fourth-order valence-corrected chi connectivity index (χ4v) is 4.87. The zero-order chi connectivity index (χ0) is 24.2. The number of aromatic nitrogens is 2. The Hall–Kier alpha value is -3.14. The maximum Gasteiger partial charge on any atom is 0.352 e. The lowest BCUT2D eigenvalue weighted by atomic mass is 10.1. The number of halogens is 1. The SMILES string of the molecule is CC(=O)N1CCC(N)CC1.O=C(O)c1cc2ccccc2n1Cc1cc(-c2ccc(Cl)s2)on1. The maximum atomic E-state index is 11.5. The number of amides is 1. The zero-order valence-corrected chi connectivity index (χ0v) is 20.2. The number of carboxylic acids is 1. The number of thiophene rings is 1. The summed E-state index contributed by atoms with van der Waals surface area (Å²) in [5, 5.41) is 14.4. The van der Waals surface area contributed by atoms with Gasteiger partial charge in [0.05, 0.1) is 15.8 Å². The van der Waals surface area contributed by atoms with Crippen molar-refractivity contribution in [1.82, 2.24) is 14.6 Å². The van der Waals surface area contributed by atoms with Gasteiger partial charge >= 0.3 is 5.97 Å². The number of rotatable bonds is 4. The van der Waals surface area contributed by atoms with Crippen LogP contribution < -0.4 is 5.73 Å². The first-order valence-corrected chi connectivity index (χ1v) is 12.0. The molecule has 0 bridgehead atoms. The molecule has 4 heterocycles. The van der Waals surface area contributed by atoms with Crippen LogP contribution in [0, 0.1) is 0 Å². The van der Waals surface area contributed by atoms with Crippen molar-refractivity contribution in [3.05, 3.63) is 64.3 Å². The summed E-state index contributed by atoms with van der Waals surface area (Å²) in [5.41, 5.74) is 7.38. The molecule has 0 atom stereocenters. The molecule has 3 aromatic heterocycles. The minimum Gasteiger partial charge on any atom is -0.477 e. The highest BCUT2D eigenvalue weighted by atomic mass is 35.5. The molecule has 0 spiro atoms. The normalized spacial score (nSPS) is 14.1. The van der Waals surface area contributed by atoms with Crippen LogP contribution in [0.3, 0.4) is 0 Å². The van der Waals surface area contributed by atoms with Crippen LogP contribution in [0.15, 0.2) is 53.1 Å². The van der Waals surface area contributed by atoms with Gasteiger partial charge in [-0.05, 0) is 37.1 Å². The van der Waals surface area contributed by atoms with Crippen LogP contribution in [-0.2, 0) is 11.3 Å². The van der Waals surface area contributed by atoms with E-state index in [0.29, 0.717) is 28.4 Å². The lowest BCUT2D eigenvalue weighted by Crippen LogP contribution is -2.41. The number of carbonyl (C=O) groups excluding carboxylic acids is 1. The van der Waals surface area contributed by atoms with Crippen molar-refractivity contribution in [3.63, 3.8) is 0 Å². The number of piperidine rings is 1. The van der Waals surface area contributed by atoms with E-state index >= 15 is 0 Å². The van der Waals surface area contributed by atoms with Crippen molar-refractivity contribution in [1.29, 1.82) is 0 Å². The first kappa shape index (κ1) is 24.0. The Balaban J connectivity index is 0.000000231. The molecule has 10 heteroatoms. The third-order valence-electron chi connectivity index (χ3n) is 5.71. The zero-order valence-electron chi connectivity index (χ0n) is 18.6. The maximum absolute atomic E-state index is 11.5. The third kappa shape index (κ3) is 5.49. The number of hydrogen-bond donors (Lipinski definition) is 2. The summed E-state index contributed by atoms with van der Waals surface area (Å²) in [7, 11) is 0. The summed E-state index contributed by atoms with van der Waals surface area (Å²) in [4.78, 5) is 25.1. The van der Waals surface area contributed by atoms with E-state index in [1.165, 1.54) is 11.3 Å². The highest BCUT2D eigenvalue weighted by Gasteiger charge is 2.18. The quantitative estimate of drug-likeness (QED) is 0.419. The summed E-state index contributed by atoms with van der Waals surface area (Å²) >= 11 is 7.34. The Morgan fingerprint density at radius 3 is 2.59 bits per heavy atom. The van der Waals surface area contributed by atoms with Crippen LogP contribution in [0.5, 0.6) is 0 Å². The molecule has 1 fully saturated rings. The van der Waals surface area contributed by atoms with Crippen LogP contribution in [0.2, 0.25) is 4.34 Å². The Labute approximate surface area is 205 Å². The molecular formula is C24H25ClN4O4S. The molecule has 1 aliphatic rings. The van der Waals surface area contributed by atoms with Gasteiger partial charge in [0, 0.05) is 43.0 Å². The number of para-hydroxylation sites is 1. The van der Waals surface area contributed by atoms with Gasteiger partial charge in [-0.3, -0.25) is 4.79 Å². The van der Waals surface area contributed by atoms with Crippen molar-refractivity contribution >= 4 is 45.7 Å². The molecule has 0 unspecified atom stereocenters. The van der Waals surface area contributed by atoms with Crippen molar-refractivity contribution in [3.8, 4) is 10.6 Å². The van der Waals surface area contributed by atoms with Gasteiger partial charge in [0.1, 0.15) is 11.4 Å². The van der Waals surface area contributed by atoms with Gasteiger partial charge in [-0.15, -0.1) is 11.3 Å². The molecule has 1 saturated heterocycles. The van der Waals surface area contributed by atoms with Crippen LogP contribution in [0.4, 0.5) is 0 Å². The number of carboxylic acid groups (broad SMARTS) is 1. The summed E-state index contributed by atoms with van der Waals surface area (Å²) < 4.78 is 7.76. The summed E-state index contributed by atoms with van der Waals surface area (Å²) in [6, 6.07) is 15.0. The first-order valence-electron chi connectivity index (χ1n) is 10.9. The van der Waals surface area contributed by atoms with Crippen LogP contribution in [0.25, 0.3) is 21.5 Å². The van der Waals surface area contributed by atoms with Crippen molar-refractivity contribution in [2.45, 2.75) is 32.4 Å². The molecule has 1 amide bonds. The molecule has 178 valence electrons. The lowest BCUT2D eigenvalue weighted by Gasteiger charge is -2.28. The van der Waals surface area contributed by atoms with E-state index in [0.717, 1.165) is 41.7 Å². The lowest BCUT2D eigenvalue weighted by molar-refractivity contribution is -0.129. The fourth-order valence-electron chi connectivity index (χ4n) is 3.88. The van der Waals surface area contributed by atoms with Gasteiger partial charge < -0.3 is 24.8 Å². The van der Waals surface area contributed by atoms with E-state index in [-0.39, 0.29) is 11.6 Å². The van der Waals surface area contributed by atoms with Gasteiger partial charge in [-0.2, -0.15) is 0 Å². The Kier molecular flexibility index (Phi) is 7.35. The first-order chi connectivity index (χ1) is 16.3. The number of fused-ring (bicyclic) bond motifs is 1. The fraction of sp³-hybridized carbons (Fsp3) is 0.292. The second-order valence-electron chi connectivity index (χ2n) is 8.11. The molecule has 34 heavy (non-hydrogen) atoms. The molecule has 5 rings (SSSR count). The monoisotopic (exact) mass is 500 g/mol. The number of benzene rings is 1. The summed E-state index contributed by atoms with van der Waals surface area (Å²) in [6.45, 7) is 3.61. The standard InChI is InChI=1S/C17H11ClN2O3S.C7H14N2O/c18-16-6-5-15(24-16)14-8-11(19-23-14)9-20-12-4-2-1-3-10(12)7-13(20)17(21)22;1-6(10)9-4-2-7(8)3-5-9/h1-8H,9H2,(H,21,22);7H,2-5,8H2,1H3. The molecule has 8 nitrogen and oxygen atoms in total. The molecule has 0 saturated carbocycles. The molecule has 0 radical (unpaired) electrons. The number of nitrogens with two attached hydrogens (primary N) is 1. The van der Waals surface area contributed by atoms with Crippen molar-refractivity contribution in [2.75, 3.05) is 13.1 Å². The van der Waals surface area contributed by atoms with Gasteiger partial charge in [0.15, 0.2) is 5.76 Å². The van der Waals surface area contributed by atoms with Gasteiger partial charge in [0.2, 0.25) is 5.91 Å². The van der Waals surface area contributed by atoms with E-state index in [1.807, 2.05) is 41.3 Å². The van der Waals surface area contributed by atoms with E-state index in [9.17, 15) is 14.7 Å². The smallest absolute Gasteiger partial charge is 0.352 e. The molecule has 1 aliphatic heterocycles. The topological polar surface area (TPSA) is 115 Å². The highest BCUT2D eigenvalue weighted by molar-refractivity contribution is 7.19. The Morgan fingerprint density at radius 2 is 1.94 bits per heavy atom.